The minimum absolute atomic E-state index is 0.0308. The van der Waals surface area contributed by atoms with Gasteiger partial charge < -0.3 is 14.7 Å². The molecule has 0 bridgehead atoms. The van der Waals surface area contributed by atoms with Gasteiger partial charge in [0.2, 0.25) is 11.8 Å². The summed E-state index contributed by atoms with van der Waals surface area (Å²) in [4.78, 5) is 30.0. The van der Waals surface area contributed by atoms with Crippen LogP contribution >= 0.6 is 0 Å². The number of likely N-dealkylation sites (N-methyl/N-ethyl adjacent to an activating group) is 1. The van der Waals surface area contributed by atoms with Crippen LogP contribution < -0.4 is 4.90 Å². The number of rotatable bonds is 4. The molecule has 1 saturated heterocycles. The van der Waals surface area contributed by atoms with E-state index in [4.69, 9.17) is 0 Å². The fourth-order valence-electron chi connectivity index (χ4n) is 2.69. The highest BCUT2D eigenvalue weighted by atomic mass is 16.2. The zero-order chi connectivity index (χ0) is 16.1. The van der Waals surface area contributed by atoms with Gasteiger partial charge >= 0.3 is 0 Å². The van der Waals surface area contributed by atoms with Crippen molar-refractivity contribution >= 4 is 17.5 Å². The first-order valence-corrected chi connectivity index (χ1v) is 7.78. The number of aryl methyl sites for hydroxylation is 1. The van der Waals surface area contributed by atoms with Crippen LogP contribution in [0.4, 0.5) is 5.69 Å². The maximum Gasteiger partial charge on any atom is 0.224 e. The summed E-state index contributed by atoms with van der Waals surface area (Å²) in [6.45, 7) is 7.36. The number of hydrogen-bond acceptors (Lipinski definition) is 3. The molecule has 1 aliphatic rings. The molecule has 0 unspecified atom stereocenters. The quantitative estimate of drug-likeness (QED) is 0.847. The van der Waals surface area contributed by atoms with Crippen molar-refractivity contribution in [2.75, 3.05) is 44.7 Å². The molecule has 1 fully saturated rings. The average Bonchev–Trinajstić information content (AvgIpc) is 2.47. The van der Waals surface area contributed by atoms with Gasteiger partial charge in [0, 0.05) is 51.8 Å². The van der Waals surface area contributed by atoms with Crippen molar-refractivity contribution < 1.29 is 9.59 Å². The molecule has 120 valence electrons. The van der Waals surface area contributed by atoms with Crippen molar-refractivity contribution in [3.05, 3.63) is 29.8 Å². The SMILES string of the molecule is CC(=O)N(CCC(=O)N1CCN(C)CC1)c1cccc(C)c1. The van der Waals surface area contributed by atoms with E-state index in [2.05, 4.69) is 11.9 Å². The van der Waals surface area contributed by atoms with Crippen LogP contribution in [0.1, 0.15) is 18.9 Å². The van der Waals surface area contributed by atoms with E-state index >= 15 is 0 Å². The van der Waals surface area contributed by atoms with E-state index < -0.39 is 0 Å². The lowest BCUT2D eigenvalue weighted by Crippen LogP contribution is -2.47. The van der Waals surface area contributed by atoms with Crippen molar-refractivity contribution in [3.8, 4) is 0 Å². The number of carbonyl (C=O) groups excluding carboxylic acids is 2. The Labute approximate surface area is 132 Å². The van der Waals surface area contributed by atoms with E-state index in [1.54, 1.807) is 11.8 Å². The third kappa shape index (κ3) is 4.31. The van der Waals surface area contributed by atoms with Gasteiger partial charge in [-0.05, 0) is 31.7 Å². The first-order chi connectivity index (χ1) is 10.5. The van der Waals surface area contributed by atoms with Crippen molar-refractivity contribution in [2.24, 2.45) is 0 Å². The molecule has 2 rings (SSSR count). The van der Waals surface area contributed by atoms with Gasteiger partial charge in [0.25, 0.3) is 0 Å². The molecule has 0 saturated carbocycles. The fraction of sp³-hybridized carbons (Fsp3) is 0.529. The van der Waals surface area contributed by atoms with Crippen LogP contribution in [0.5, 0.6) is 0 Å². The summed E-state index contributed by atoms with van der Waals surface area (Å²) in [7, 11) is 2.07. The molecule has 0 radical (unpaired) electrons. The monoisotopic (exact) mass is 303 g/mol. The number of benzene rings is 1. The van der Waals surface area contributed by atoms with Crippen molar-refractivity contribution in [1.82, 2.24) is 9.80 Å². The molecule has 2 amide bonds. The summed E-state index contributed by atoms with van der Waals surface area (Å²) in [5, 5.41) is 0. The van der Waals surface area contributed by atoms with Crippen LogP contribution in [-0.4, -0.2) is 61.4 Å². The summed E-state index contributed by atoms with van der Waals surface area (Å²) in [5.41, 5.74) is 1.97. The molecular formula is C17H25N3O2. The van der Waals surface area contributed by atoms with E-state index in [-0.39, 0.29) is 11.8 Å². The highest BCUT2D eigenvalue weighted by Gasteiger charge is 2.20. The molecule has 0 aromatic heterocycles. The predicted molar refractivity (Wildman–Crippen MR) is 87.9 cm³/mol. The Bertz CT molecular complexity index is 536. The highest BCUT2D eigenvalue weighted by molar-refractivity contribution is 5.92. The van der Waals surface area contributed by atoms with Crippen molar-refractivity contribution in [3.63, 3.8) is 0 Å². The molecule has 0 spiro atoms. The van der Waals surface area contributed by atoms with Gasteiger partial charge in [-0.25, -0.2) is 0 Å². The Morgan fingerprint density at radius 3 is 2.45 bits per heavy atom. The van der Waals surface area contributed by atoms with Gasteiger partial charge in [-0.2, -0.15) is 0 Å². The smallest absolute Gasteiger partial charge is 0.224 e. The molecule has 1 aliphatic heterocycles. The summed E-state index contributed by atoms with van der Waals surface area (Å²) in [6.07, 6.45) is 0.372. The molecule has 5 heteroatoms. The van der Waals surface area contributed by atoms with Gasteiger partial charge in [0.15, 0.2) is 0 Å². The predicted octanol–water partition coefficient (Wildman–Crippen LogP) is 1.51. The summed E-state index contributed by atoms with van der Waals surface area (Å²) < 4.78 is 0. The zero-order valence-corrected chi connectivity index (χ0v) is 13.7. The number of amides is 2. The Hall–Kier alpha value is -1.88. The lowest BCUT2D eigenvalue weighted by Gasteiger charge is -2.33. The summed E-state index contributed by atoms with van der Waals surface area (Å²) in [5.74, 6) is 0.101. The largest absolute Gasteiger partial charge is 0.340 e. The maximum absolute atomic E-state index is 12.3. The molecule has 5 nitrogen and oxygen atoms in total. The Morgan fingerprint density at radius 1 is 1.18 bits per heavy atom. The lowest BCUT2D eigenvalue weighted by molar-refractivity contribution is -0.132. The van der Waals surface area contributed by atoms with Crippen LogP contribution in [0.3, 0.4) is 0 Å². The highest BCUT2D eigenvalue weighted by Crippen LogP contribution is 2.17. The van der Waals surface area contributed by atoms with Crippen LogP contribution in [0.2, 0.25) is 0 Å². The van der Waals surface area contributed by atoms with Gasteiger partial charge in [0.05, 0.1) is 0 Å². The van der Waals surface area contributed by atoms with Crippen molar-refractivity contribution in [2.45, 2.75) is 20.3 Å². The molecule has 1 aromatic rings. The number of carbonyl (C=O) groups is 2. The second-order valence-corrected chi connectivity index (χ2v) is 5.94. The van der Waals surface area contributed by atoms with Gasteiger partial charge in [-0.3, -0.25) is 9.59 Å². The second kappa shape index (κ2) is 7.40. The van der Waals surface area contributed by atoms with E-state index in [1.165, 1.54) is 0 Å². The summed E-state index contributed by atoms with van der Waals surface area (Å²) >= 11 is 0. The second-order valence-electron chi connectivity index (χ2n) is 5.94. The standard InChI is InChI=1S/C17H25N3O2/c1-14-5-4-6-16(13-14)20(15(2)21)8-7-17(22)19-11-9-18(3)10-12-19/h4-6,13H,7-12H2,1-3H3. The molecule has 1 heterocycles. The zero-order valence-electron chi connectivity index (χ0n) is 13.7. The third-order valence-corrected chi connectivity index (χ3v) is 4.10. The van der Waals surface area contributed by atoms with Crippen LogP contribution in [0, 0.1) is 6.92 Å². The molecule has 0 N–H and O–H groups in total. The Morgan fingerprint density at radius 2 is 1.86 bits per heavy atom. The average molecular weight is 303 g/mol. The normalized spacial score (nSPS) is 15.7. The Balaban J connectivity index is 1.95. The molecule has 0 aliphatic carbocycles. The molecule has 0 atom stereocenters. The summed E-state index contributed by atoms with van der Waals surface area (Å²) in [6, 6.07) is 7.82. The van der Waals surface area contributed by atoms with E-state index in [0.29, 0.717) is 13.0 Å². The van der Waals surface area contributed by atoms with Crippen LogP contribution in [-0.2, 0) is 9.59 Å². The van der Waals surface area contributed by atoms with Crippen LogP contribution in [0.25, 0.3) is 0 Å². The van der Waals surface area contributed by atoms with Gasteiger partial charge in [-0.1, -0.05) is 12.1 Å². The number of hydrogen-bond donors (Lipinski definition) is 0. The first kappa shape index (κ1) is 16.5. The van der Waals surface area contributed by atoms with E-state index in [9.17, 15) is 9.59 Å². The van der Waals surface area contributed by atoms with Crippen molar-refractivity contribution in [1.29, 1.82) is 0 Å². The minimum Gasteiger partial charge on any atom is -0.340 e. The van der Waals surface area contributed by atoms with Crippen LogP contribution in [0.15, 0.2) is 24.3 Å². The Kier molecular flexibility index (Phi) is 5.55. The maximum atomic E-state index is 12.3. The molecule has 1 aromatic carbocycles. The molecule has 22 heavy (non-hydrogen) atoms. The van der Waals surface area contributed by atoms with Gasteiger partial charge in [-0.15, -0.1) is 0 Å². The third-order valence-electron chi connectivity index (χ3n) is 4.10. The fourth-order valence-corrected chi connectivity index (χ4v) is 2.69. The van der Waals surface area contributed by atoms with Gasteiger partial charge in [0.1, 0.15) is 0 Å². The number of nitrogens with zero attached hydrogens (tertiary/aromatic N) is 3. The first-order valence-electron chi connectivity index (χ1n) is 7.78. The number of piperazine rings is 1. The van der Waals surface area contributed by atoms with E-state index in [1.807, 2.05) is 36.1 Å². The number of anilines is 1. The van der Waals surface area contributed by atoms with E-state index in [0.717, 1.165) is 37.4 Å². The topological polar surface area (TPSA) is 43.9 Å². The lowest BCUT2D eigenvalue weighted by atomic mass is 10.2. The minimum atomic E-state index is -0.0308. The molecular weight excluding hydrogens is 278 g/mol.